The van der Waals surface area contributed by atoms with Crippen molar-refractivity contribution in [1.82, 2.24) is 9.97 Å². The second kappa shape index (κ2) is 4.02. The van der Waals surface area contributed by atoms with E-state index in [0.717, 1.165) is 36.7 Å². The van der Waals surface area contributed by atoms with Crippen LogP contribution in [0.4, 0.5) is 11.8 Å². The Labute approximate surface area is 89.1 Å². The van der Waals surface area contributed by atoms with Crippen LogP contribution in [0.5, 0.6) is 0 Å². The zero-order valence-electron chi connectivity index (χ0n) is 9.08. The van der Waals surface area contributed by atoms with Gasteiger partial charge in [-0.2, -0.15) is 4.98 Å². The number of rotatable bonds is 2. The molecule has 0 aromatic carbocycles. The molecule has 1 aliphatic heterocycles. The Bertz CT molecular complexity index is 361. The summed E-state index contributed by atoms with van der Waals surface area (Å²) in [6.45, 7) is 5.48. The first kappa shape index (κ1) is 10.2. The predicted molar refractivity (Wildman–Crippen MR) is 58.8 cm³/mol. The van der Waals surface area contributed by atoms with Crippen LogP contribution in [0.2, 0.25) is 0 Å². The third-order valence-corrected chi connectivity index (χ3v) is 2.68. The first-order valence-corrected chi connectivity index (χ1v) is 5.12. The van der Waals surface area contributed by atoms with E-state index < -0.39 is 0 Å². The van der Waals surface area contributed by atoms with Gasteiger partial charge in [0, 0.05) is 17.9 Å². The van der Waals surface area contributed by atoms with Crippen LogP contribution in [0.15, 0.2) is 0 Å². The number of hydrogen-bond donors (Lipinski definition) is 2. The Balaban J connectivity index is 2.19. The molecule has 2 heterocycles. The lowest BCUT2D eigenvalue weighted by molar-refractivity contribution is 0.195. The van der Waals surface area contributed by atoms with Gasteiger partial charge in [0.25, 0.3) is 0 Å². The van der Waals surface area contributed by atoms with E-state index in [4.69, 9.17) is 10.5 Å². The van der Waals surface area contributed by atoms with Crippen LogP contribution in [-0.2, 0) is 4.74 Å². The molecule has 15 heavy (non-hydrogen) atoms. The summed E-state index contributed by atoms with van der Waals surface area (Å²) in [7, 11) is 0. The van der Waals surface area contributed by atoms with Gasteiger partial charge in [-0.1, -0.05) is 0 Å². The molecular formula is C10H16N4O. The van der Waals surface area contributed by atoms with E-state index in [-0.39, 0.29) is 0 Å². The molecule has 1 aromatic rings. The number of nitrogens with zero attached hydrogens (tertiary/aromatic N) is 2. The summed E-state index contributed by atoms with van der Waals surface area (Å²) in [5.74, 6) is 1.15. The molecule has 1 saturated heterocycles. The van der Waals surface area contributed by atoms with Crippen LogP contribution in [0.25, 0.3) is 0 Å². The van der Waals surface area contributed by atoms with Gasteiger partial charge in [-0.05, 0) is 20.3 Å². The molecule has 1 aromatic heterocycles. The number of anilines is 2. The highest BCUT2D eigenvalue weighted by Crippen LogP contribution is 2.18. The fourth-order valence-electron chi connectivity index (χ4n) is 1.63. The Kier molecular flexibility index (Phi) is 2.73. The maximum atomic E-state index is 5.61. The lowest BCUT2D eigenvalue weighted by Crippen LogP contribution is -2.21. The van der Waals surface area contributed by atoms with Gasteiger partial charge in [0.2, 0.25) is 5.95 Å². The molecule has 0 saturated carbocycles. The molecule has 1 aliphatic rings. The van der Waals surface area contributed by atoms with Gasteiger partial charge in [-0.25, -0.2) is 4.98 Å². The van der Waals surface area contributed by atoms with E-state index >= 15 is 0 Å². The summed E-state index contributed by atoms with van der Waals surface area (Å²) in [5.41, 5.74) is 7.58. The summed E-state index contributed by atoms with van der Waals surface area (Å²) in [4.78, 5) is 8.30. The quantitative estimate of drug-likeness (QED) is 0.754. The molecule has 5 heteroatoms. The normalized spacial score (nSPS) is 20.5. The lowest BCUT2D eigenvalue weighted by atomic mass is 10.2. The van der Waals surface area contributed by atoms with Gasteiger partial charge in [-0.3, -0.25) is 0 Å². The topological polar surface area (TPSA) is 73.1 Å². The van der Waals surface area contributed by atoms with Crippen LogP contribution < -0.4 is 11.1 Å². The molecule has 0 bridgehead atoms. The highest BCUT2D eigenvalue weighted by molar-refractivity contribution is 5.49. The third-order valence-electron chi connectivity index (χ3n) is 2.68. The zero-order chi connectivity index (χ0) is 10.8. The number of aryl methyl sites for hydroxylation is 1. The van der Waals surface area contributed by atoms with Gasteiger partial charge >= 0.3 is 0 Å². The molecule has 0 unspecified atom stereocenters. The van der Waals surface area contributed by atoms with Crippen LogP contribution in [-0.4, -0.2) is 29.2 Å². The molecule has 5 nitrogen and oxygen atoms in total. The summed E-state index contributed by atoms with van der Waals surface area (Å²) in [6, 6.07) is 0.345. The molecule has 1 fully saturated rings. The van der Waals surface area contributed by atoms with E-state index in [0.29, 0.717) is 12.0 Å². The first-order chi connectivity index (χ1) is 7.16. The summed E-state index contributed by atoms with van der Waals surface area (Å²) < 4.78 is 5.29. The van der Waals surface area contributed by atoms with Crippen LogP contribution in [0.3, 0.4) is 0 Å². The molecular weight excluding hydrogens is 192 g/mol. The fourth-order valence-corrected chi connectivity index (χ4v) is 1.63. The summed E-state index contributed by atoms with van der Waals surface area (Å²) in [6.07, 6.45) is 1.02. The van der Waals surface area contributed by atoms with Crippen LogP contribution in [0, 0.1) is 13.8 Å². The largest absolute Gasteiger partial charge is 0.379 e. The average Bonchev–Trinajstić information content (AvgIpc) is 2.66. The van der Waals surface area contributed by atoms with Gasteiger partial charge in [0.15, 0.2) is 0 Å². The standard InChI is InChI=1S/C10H16N4O/c1-6-7(2)12-10(11)14-9(6)13-8-3-4-15-5-8/h8H,3-5H2,1-2H3,(H3,11,12,13,14)/t8-/m1/s1. The molecule has 0 radical (unpaired) electrons. The van der Waals surface area contributed by atoms with Gasteiger partial charge in [0.1, 0.15) is 5.82 Å². The second-order valence-electron chi connectivity index (χ2n) is 3.85. The number of aromatic nitrogens is 2. The minimum atomic E-state index is 0.319. The molecule has 0 amide bonds. The lowest BCUT2D eigenvalue weighted by Gasteiger charge is -2.14. The maximum absolute atomic E-state index is 5.61. The fraction of sp³-hybridized carbons (Fsp3) is 0.600. The van der Waals surface area contributed by atoms with E-state index in [9.17, 15) is 0 Å². The molecule has 0 spiro atoms. The molecule has 3 N–H and O–H groups in total. The predicted octanol–water partition coefficient (Wildman–Crippen LogP) is 0.876. The first-order valence-electron chi connectivity index (χ1n) is 5.12. The number of nitrogens with one attached hydrogen (secondary N) is 1. The maximum Gasteiger partial charge on any atom is 0.222 e. The van der Waals surface area contributed by atoms with Crippen molar-refractivity contribution in [3.63, 3.8) is 0 Å². The number of nitrogens with two attached hydrogens (primary N) is 1. The van der Waals surface area contributed by atoms with Gasteiger partial charge in [-0.15, -0.1) is 0 Å². The SMILES string of the molecule is Cc1nc(N)nc(N[C@@H]2CCOC2)c1C. The van der Waals surface area contributed by atoms with Crippen molar-refractivity contribution < 1.29 is 4.74 Å². The zero-order valence-corrected chi connectivity index (χ0v) is 9.08. The Morgan fingerprint density at radius 2 is 2.20 bits per heavy atom. The minimum absolute atomic E-state index is 0.319. The number of nitrogen functional groups attached to an aromatic ring is 1. The average molecular weight is 208 g/mol. The number of hydrogen-bond acceptors (Lipinski definition) is 5. The second-order valence-corrected chi connectivity index (χ2v) is 3.85. The smallest absolute Gasteiger partial charge is 0.222 e. The van der Waals surface area contributed by atoms with Crippen molar-refractivity contribution in [2.24, 2.45) is 0 Å². The van der Waals surface area contributed by atoms with Gasteiger partial charge in [0.05, 0.1) is 12.6 Å². The molecule has 0 aliphatic carbocycles. The van der Waals surface area contributed by atoms with Crippen molar-refractivity contribution in [3.8, 4) is 0 Å². The van der Waals surface area contributed by atoms with E-state index in [1.807, 2.05) is 13.8 Å². The van der Waals surface area contributed by atoms with E-state index in [2.05, 4.69) is 15.3 Å². The molecule has 2 rings (SSSR count). The monoisotopic (exact) mass is 208 g/mol. The van der Waals surface area contributed by atoms with Gasteiger partial charge < -0.3 is 15.8 Å². The van der Waals surface area contributed by atoms with Crippen molar-refractivity contribution in [1.29, 1.82) is 0 Å². The Morgan fingerprint density at radius 1 is 1.40 bits per heavy atom. The molecule has 82 valence electrons. The highest BCUT2D eigenvalue weighted by atomic mass is 16.5. The summed E-state index contributed by atoms with van der Waals surface area (Å²) in [5, 5.41) is 3.33. The van der Waals surface area contributed by atoms with Crippen molar-refractivity contribution in [2.75, 3.05) is 24.3 Å². The Morgan fingerprint density at radius 3 is 2.87 bits per heavy atom. The summed E-state index contributed by atoms with van der Waals surface area (Å²) >= 11 is 0. The van der Waals surface area contributed by atoms with Crippen LogP contribution >= 0.6 is 0 Å². The third kappa shape index (κ3) is 2.18. The molecule has 1 atom stereocenters. The highest BCUT2D eigenvalue weighted by Gasteiger charge is 2.17. The minimum Gasteiger partial charge on any atom is -0.379 e. The van der Waals surface area contributed by atoms with Crippen molar-refractivity contribution in [3.05, 3.63) is 11.3 Å². The number of ether oxygens (including phenoxy) is 1. The van der Waals surface area contributed by atoms with Crippen molar-refractivity contribution in [2.45, 2.75) is 26.3 Å². The van der Waals surface area contributed by atoms with Crippen LogP contribution in [0.1, 0.15) is 17.7 Å². The Hall–Kier alpha value is -1.36. The van der Waals surface area contributed by atoms with Crippen molar-refractivity contribution >= 4 is 11.8 Å². The van der Waals surface area contributed by atoms with E-state index in [1.54, 1.807) is 0 Å². The van der Waals surface area contributed by atoms with E-state index in [1.165, 1.54) is 0 Å².